The van der Waals surface area contributed by atoms with E-state index in [0.29, 0.717) is 11.3 Å². The zero-order valence-corrected chi connectivity index (χ0v) is 13.3. The molecule has 0 aliphatic rings. The van der Waals surface area contributed by atoms with Crippen molar-refractivity contribution < 1.29 is 17.9 Å². The molecular weight excluding hydrogens is 294 g/mol. The molecule has 21 heavy (non-hydrogen) atoms. The van der Waals surface area contributed by atoms with Gasteiger partial charge in [0.15, 0.2) is 0 Å². The summed E-state index contributed by atoms with van der Waals surface area (Å²) in [5.74, 6) is -0.593. The van der Waals surface area contributed by atoms with Gasteiger partial charge in [0.25, 0.3) is 0 Å². The first-order valence-corrected chi connectivity index (χ1v) is 7.98. The van der Waals surface area contributed by atoms with Gasteiger partial charge in [0, 0.05) is 17.3 Å². The van der Waals surface area contributed by atoms with E-state index in [1.165, 1.54) is 0 Å². The highest BCUT2D eigenvalue weighted by atomic mass is 32.2. The van der Waals surface area contributed by atoms with E-state index in [1.807, 2.05) is 6.07 Å². The fourth-order valence-electron chi connectivity index (χ4n) is 2.05. The average Bonchev–Trinajstić information content (AvgIpc) is 2.65. The van der Waals surface area contributed by atoms with E-state index in [0.717, 1.165) is 0 Å². The Morgan fingerprint density at radius 3 is 2.62 bits per heavy atom. The van der Waals surface area contributed by atoms with Crippen LogP contribution < -0.4 is 4.72 Å². The molecule has 0 radical (unpaired) electrons. The lowest BCUT2D eigenvalue weighted by molar-refractivity contribution is 0.0519. The fraction of sp³-hybridized carbons (Fsp3) is 0.538. The number of carbonyl (C=O) groups is 1. The lowest BCUT2D eigenvalue weighted by Gasteiger charge is -2.11. The standard InChI is InChI=1S/C13H19N3O4S/c1-5-20-13(17)11-9(3)12(10(4)15-11)21(18,19)16-8(2)6-7-14/h8,15-16H,5-6H2,1-4H3. The van der Waals surface area contributed by atoms with E-state index in [1.54, 1.807) is 27.7 Å². The lowest BCUT2D eigenvalue weighted by Crippen LogP contribution is -2.32. The number of H-pyrrole nitrogens is 1. The average molecular weight is 313 g/mol. The topological polar surface area (TPSA) is 112 Å². The number of aromatic nitrogens is 1. The Kier molecular flexibility index (Phi) is 5.52. The van der Waals surface area contributed by atoms with Gasteiger partial charge in [0.2, 0.25) is 10.0 Å². The van der Waals surface area contributed by atoms with Gasteiger partial charge in [-0.25, -0.2) is 17.9 Å². The number of ether oxygens (including phenoxy) is 1. The van der Waals surface area contributed by atoms with Crippen molar-refractivity contribution in [2.45, 2.75) is 45.1 Å². The smallest absolute Gasteiger partial charge is 0.355 e. The third-order valence-corrected chi connectivity index (χ3v) is 4.73. The van der Waals surface area contributed by atoms with Crippen molar-refractivity contribution in [3.63, 3.8) is 0 Å². The van der Waals surface area contributed by atoms with E-state index in [-0.39, 0.29) is 23.6 Å². The van der Waals surface area contributed by atoms with Gasteiger partial charge in [-0.15, -0.1) is 0 Å². The highest BCUT2D eigenvalue weighted by Gasteiger charge is 2.28. The number of nitrogens with zero attached hydrogens (tertiary/aromatic N) is 1. The van der Waals surface area contributed by atoms with Gasteiger partial charge < -0.3 is 9.72 Å². The summed E-state index contributed by atoms with van der Waals surface area (Å²) < 4.78 is 32.0. The van der Waals surface area contributed by atoms with Crippen LogP contribution in [-0.2, 0) is 14.8 Å². The molecular formula is C13H19N3O4S. The minimum absolute atomic E-state index is 0.0235. The lowest BCUT2D eigenvalue weighted by atomic mass is 10.2. The van der Waals surface area contributed by atoms with Crippen molar-refractivity contribution in [2.75, 3.05) is 6.61 Å². The first-order valence-electron chi connectivity index (χ1n) is 6.50. The molecule has 0 saturated heterocycles. The van der Waals surface area contributed by atoms with Crippen LogP contribution in [0.3, 0.4) is 0 Å². The zero-order valence-electron chi connectivity index (χ0n) is 12.5. The summed E-state index contributed by atoms with van der Waals surface area (Å²) in [5.41, 5.74) is 0.789. The van der Waals surface area contributed by atoms with Gasteiger partial charge in [-0.1, -0.05) is 0 Å². The van der Waals surface area contributed by atoms with Gasteiger partial charge in [-0.05, 0) is 27.7 Å². The second-order valence-electron chi connectivity index (χ2n) is 4.68. The van der Waals surface area contributed by atoms with Crippen LogP contribution in [0.4, 0.5) is 0 Å². The monoisotopic (exact) mass is 313 g/mol. The van der Waals surface area contributed by atoms with Crippen molar-refractivity contribution in [3.8, 4) is 6.07 Å². The van der Waals surface area contributed by atoms with E-state index in [2.05, 4.69) is 9.71 Å². The van der Waals surface area contributed by atoms with E-state index < -0.39 is 22.0 Å². The number of nitrogens with one attached hydrogen (secondary N) is 2. The molecule has 0 aliphatic carbocycles. The van der Waals surface area contributed by atoms with Crippen molar-refractivity contribution in [1.82, 2.24) is 9.71 Å². The number of aryl methyl sites for hydroxylation is 1. The highest BCUT2D eigenvalue weighted by Crippen LogP contribution is 2.24. The summed E-state index contributed by atoms with van der Waals surface area (Å²) in [5, 5.41) is 8.60. The second kappa shape index (κ2) is 6.74. The molecule has 1 heterocycles. The Bertz CT molecular complexity index is 670. The quantitative estimate of drug-likeness (QED) is 0.771. The molecule has 1 rings (SSSR count). The Morgan fingerprint density at radius 2 is 2.10 bits per heavy atom. The summed E-state index contributed by atoms with van der Waals surface area (Å²) in [4.78, 5) is 14.5. The fourth-order valence-corrected chi connectivity index (χ4v) is 3.74. The van der Waals surface area contributed by atoms with Crippen molar-refractivity contribution in [3.05, 3.63) is 17.0 Å². The molecule has 0 saturated carbocycles. The Hall–Kier alpha value is -1.85. The molecule has 7 nitrogen and oxygen atoms in total. The number of sulfonamides is 1. The van der Waals surface area contributed by atoms with Crippen molar-refractivity contribution in [1.29, 1.82) is 5.26 Å². The molecule has 2 N–H and O–H groups in total. The Morgan fingerprint density at radius 1 is 1.48 bits per heavy atom. The van der Waals surface area contributed by atoms with Crippen LogP contribution in [0.25, 0.3) is 0 Å². The van der Waals surface area contributed by atoms with Crippen LogP contribution >= 0.6 is 0 Å². The van der Waals surface area contributed by atoms with Crippen LogP contribution in [0.1, 0.15) is 42.0 Å². The van der Waals surface area contributed by atoms with Gasteiger partial charge in [0.05, 0.1) is 19.1 Å². The third-order valence-electron chi connectivity index (χ3n) is 2.87. The molecule has 1 atom stereocenters. The predicted octanol–water partition coefficient (Wildman–Crippen LogP) is 1.39. The molecule has 1 aromatic heterocycles. The molecule has 0 bridgehead atoms. The molecule has 1 aromatic rings. The zero-order chi connectivity index (χ0) is 16.2. The number of aromatic amines is 1. The molecule has 0 amide bonds. The predicted molar refractivity (Wildman–Crippen MR) is 76.2 cm³/mol. The number of carbonyl (C=O) groups excluding carboxylic acids is 1. The molecule has 0 spiro atoms. The number of rotatable bonds is 6. The Labute approximate surface area is 124 Å². The summed E-state index contributed by atoms with van der Waals surface area (Å²) in [7, 11) is -3.81. The molecule has 0 fully saturated rings. The third kappa shape index (κ3) is 3.83. The minimum Gasteiger partial charge on any atom is -0.461 e. The number of esters is 1. The van der Waals surface area contributed by atoms with Gasteiger partial charge in [-0.3, -0.25) is 0 Å². The number of hydrogen-bond donors (Lipinski definition) is 2. The molecule has 0 aliphatic heterocycles. The van der Waals surface area contributed by atoms with E-state index in [4.69, 9.17) is 10.00 Å². The second-order valence-corrected chi connectivity index (χ2v) is 6.33. The summed E-state index contributed by atoms with van der Waals surface area (Å²) in [6, 6.07) is 1.39. The summed E-state index contributed by atoms with van der Waals surface area (Å²) in [6.45, 7) is 6.59. The van der Waals surface area contributed by atoms with Gasteiger partial charge in [0.1, 0.15) is 10.6 Å². The maximum absolute atomic E-state index is 12.4. The first-order chi connectivity index (χ1) is 9.74. The van der Waals surface area contributed by atoms with Crippen molar-refractivity contribution in [2.24, 2.45) is 0 Å². The molecule has 0 aromatic carbocycles. The van der Waals surface area contributed by atoms with E-state index >= 15 is 0 Å². The number of hydrogen-bond acceptors (Lipinski definition) is 5. The maximum atomic E-state index is 12.4. The highest BCUT2D eigenvalue weighted by molar-refractivity contribution is 7.89. The van der Waals surface area contributed by atoms with Crippen LogP contribution in [-0.4, -0.2) is 32.0 Å². The maximum Gasteiger partial charge on any atom is 0.355 e. The van der Waals surface area contributed by atoms with Crippen LogP contribution in [0.5, 0.6) is 0 Å². The molecule has 1 unspecified atom stereocenters. The van der Waals surface area contributed by atoms with E-state index in [9.17, 15) is 13.2 Å². The van der Waals surface area contributed by atoms with Crippen LogP contribution in [0.2, 0.25) is 0 Å². The Balaban J connectivity index is 3.20. The number of nitriles is 1. The first kappa shape index (κ1) is 17.2. The van der Waals surface area contributed by atoms with Gasteiger partial charge >= 0.3 is 5.97 Å². The minimum atomic E-state index is -3.81. The van der Waals surface area contributed by atoms with Gasteiger partial charge in [-0.2, -0.15) is 5.26 Å². The van der Waals surface area contributed by atoms with Crippen LogP contribution in [0, 0.1) is 25.2 Å². The summed E-state index contributed by atoms with van der Waals surface area (Å²) in [6.07, 6.45) is 0.0620. The molecule has 116 valence electrons. The SMILES string of the molecule is CCOC(=O)c1[nH]c(C)c(S(=O)(=O)NC(C)CC#N)c1C. The normalized spacial score (nSPS) is 12.7. The largest absolute Gasteiger partial charge is 0.461 e. The van der Waals surface area contributed by atoms with Crippen LogP contribution in [0.15, 0.2) is 4.90 Å². The van der Waals surface area contributed by atoms with Crippen molar-refractivity contribution >= 4 is 16.0 Å². The summed E-state index contributed by atoms with van der Waals surface area (Å²) >= 11 is 0. The molecule has 8 heteroatoms.